The van der Waals surface area contributed by atoms with E-state index in [1.54, 1.807) is 60.1 Å². The summed E-state index contributed by atoms with van der Waals surface area (Å²) in [5.41, 5.74) is 12.9. The van der Waals surface area contributed by atoms with Crippen molar-refractivity contribution in [3.05, 3.63) is 212 Å². The number of nitrogens with zero attached hydrogens (tertiary/aromatic N) is 6. The summed E-state index contributed by atoms with van der Waals surface area (Å²) < 4.78 is 0. The van der Waals surface area contributed by atoms with Gasteiger partial charge in [0.25, 0.3) is 0 Å². The Labute approximate surface area is 289 Å². The Morgan fingerprint density at radius 2 is 1.08 bits per heavy atom. The summed E-state index contributed by atoms with van der Waals surface area (Å²) in [6.45, 7) is 5.30. The second kappa shape index (κ2) is 23.2. The van der Waals surface area contributed by atoms with Gasteiger partial charge in [0.15, 0.2) is 0 Å². The van der Waals surface area contributed by atoms with E-state index in [1.165, 1.54) is 6.08 Å². The number of hydrogen-bond donors (Lipinski definition) is 1. The first-order valence-electron chi connectivity index (χ1n) is 14.3. The molecule has 7 heterocycles. The zero-order valence-corrected chi connectivity index (χ0v) is 26.7. The van der Waals surface area contributed by atoms with E-state index in [4.69, 9.17) is 12.3 Å². The minimum Gasteiger partial charge on any atom is -0.394 e. The van der Waals surface area contributed by atoms with Crippen LogP contribution in [-0.2, 0) is 15.3 Å². The van der Waals surface area contributed by atoms with Crippen LogP contribution in [0.25, 0.3) is 17.9 Å². The molecule has 0 saturated carbocycles. The molecule has 5 aromatic heterocycles. The van der Waals surface area contributed by atoms with Crippen molar-refractivity contribution >= 4 is 28.5 Å². The second-order valence-corrected chi connectivity index (χ2v) is 9.25. The van der Waals surface area contributed by atoms with Gasteiger partial charge in [-0.25, -0.2) is 0 Å². The molecule has 0 radical (unpaired) electrons. The first kappa shape index (κ1) is 36.3. The zero-order chi connectivity index (χ0) is 33.9. The van der Waals surface area contributed by atoms with E-state index >= 15 is 0 Å². The second-order valence-electron chi connectivity index (χ2n) is 8.95. The molecule has 0 amide bonds. The molecule has 2 aliphatic heterocycles. The monoisotopic (exact) mass is 669 g/mol. The largest absolute Gasteiger partial charge is 0.394 e. The fourth-order valence-corrected chi connectivity index (χ4v) is 3.48. The summed E-state index contributed by atoms with van der Waals surface area (Å²) in [4.78, 5) is 28.4. The minimum atomic E-state index is 0.256. The van der Waals surface area contributed by atoms with Crippen LogP contribution in [0.4, 0.5) is 0 Å². The number of hydrogen-bond acceptors (Lipinski definition) is 6. The topological polar surface area (TPSA) is 116 Å². The molecule has 9 heteroatoms. The fraction of sp³-hybridized carbons (Fsp3) is 0. The van der Waals surface area contributed by atoms with Crippen molar-refractivity contribution < 1.29 is 15.3 Å². The molecule has 7 rings (SSSR count). The van der Waals surface area contributed by atoms with E-state index in [9.17, 15) is 0 Å². The number of aromatic amines is 1. The Kier molecular flexibility index (Phi) is 17.6. The van der Waals surface area contributed by atoms with Crippen molar-refractivity contribution in [3.63, 3.8) is 0 Å². The molecule has 0 aromatic carbocycles. The molecule has 0 saturated heterocycles. The van der Waals surface area contributed by atoms with E-state index in [1.807, 2.05) is 97.1 Å². The van der Waals surface area contributed by atoms with Gasteiger partial charge < -0.3 is 31.4 Å². The number of H-pyrrole nitrogens is 1. The average molecular weight is 670 g/mol. The van der Waals surface area contributed by atoms with Crippen LogP contribution in [0.3, 0.4) is 0 Å². The normalized spacial score (nSPS) is 14.0. The molecule has 241 valence electrons. The van der Waals surface area contributed by atoms with Crippen molar-refractivity contribution in [2.45, 2.75) is 0 Å². The minimum absolute atomic E-state index is 0.256. The predicted molar refractivity (Wildman–Crippen MR) is 190 cm³/mol. The summed E-state index contributed by atoms with van der Waals surface area (Å²) in [7, 11) is 0. The summed E-state index contributed by atoms with van der Waals surface area (Å²) in [6, 6.07) is 25.8. The third kappa shape index (κ3) is 16.2. The molecule has 0 atom stereocenters. The number of allylic oxidation sites excluding steroid dienone is 6. The van der Waals surface area contributed by atoms with Crippen LogP contribution < -0.4 is 0 Å². The van der Waals surface area contributed by atoms with E-state index in [0.29, 0.717) is 0 Å². The Bertz CT molecular complexity index is 1610. The van der Waals surface area contributed by atoms with Crippen molar-refractivity contribution in [1.82, 2.24) is 24.9 Å². The molecule has 0 bridgehead atoms. The quantitative estimate of drug-likeness (QED) is 0.154. The molecule has 0 aliphatic carbocycles. The van der Waals surface area contributed by atoms with Gasteiger partial charge >= 0.3 is 118 Å². The maximum Gasteiger partial charge on any atom is -0.0813 e. The molecule has 2 aliphatic rings. The summed E-state index contributed by atoms with van der Waals surface area (Å²) >= 11 is 4.14. The Morgan fingerprint density at radius 3 is 1.46 bits per heavy atom. The third-order valence-electron chi connectivity index (χ3n) is 5.35. The number of aromatic nitrogens is 5. The van der Waals surface area contributed by atoms with Gasteiger partial charge in [-0.2, -0.15) is 72.8 Å². The number of pyridine rings is 4. The summed E-state index contributed by atoms with van der Waals surface area (Å²) in [6.07, 6.45) is 31.8. The van der Waals surface area contributed by atoms with Gasteiger partial charge in [0.2, 0.25) is 0 Å². The van der Waals surface area contributed by atoms with E-state index in [2.05, 4.69) is 75.0 Å². The standard InChI is InChI=1S/C19H14N4.4C5H4N.Co/c1-3-14(20)10-15-6-7-18(22-15)12-19-9-8-17(23-19)11-16-5-4-13(2)21-16;4*1-2-4-6-5-3-1;/h1-12,20,22H;4*1-4H;/q-2;4*-1;. The molecule has 2 N–H and O–H groups in total. The molecule has 48 heavy (non-hydrogen) atoms. The van der Waals surface area contributed by atoms with E-state index in [-0.39, 0.29) is 5.70 Å². The summed E-state index contributed by atoms with van der Waals surface area (Å²) in [5.74, 6) is 0. The fourth-order valence-electron chi connectivity index (χ4n) is 3.32. The Balaban J connectivity index is 0.000000207. The molecule has 0 fully saturated rings. The molecular weight excluding hydrogens is 639 g/mol. The smallest absolute Gasteiger partial charge is 0.0813 e. The molecular formula is C39H30CoN8-6. The van der Waals surface area contributed by atoms with Crippen LogP contribution in [-0.4, -0.2) is 41.3 Å². The van der Waals surface area contributed by atoms with Crippen LogP contribution in [0, 0.1) is 31.4 Å². The van der Waals surface area contributed by atoms with Crippen LogP contribution in [0.1, 0.15) is 11.4 Å². The first-order valence-corrected chi connectivity index (χ1v) is 14.9. The molecule has 0 spiro atoms. The molecule has 8 nitrogen and oxygen atoms in total. The average Bonchev–Trinajstić information content (AvgIpc) is 3.94. The van der Waals surface area contributed by atoms with E-state index < -0.39 is 0 Å². The maximum absolute atomic E-state index is 7.54. The summed E-state index contributed by atoms with van der Waals surface area (Å²) in [5, 5.41) is 0. The number of rotatable bonds is 5. The zero-order valence-electron chi connectivity index (χ0n) is 25.7. The van der Waals surface area contributed by atoms with Crippen LogP contribution >= 0.6 is 0 Å². The van der Waals surface area contributed by atoms with Gasteiger partial charge in [0.05, 0.1) is 0 Å². The van der Waals surface area contributed by atoms with Gasteiger partial charge in [0.1, 0.15) is 0 Å². The Morgan fingerprint density at radius 1 is 0.625 bits per heavy atom. The molecule has 5 aromatic rings. The predicted octanol–water partition coefficient (Wildman–Crippen LogP) is 7.52. The van der Waals surface area contributed by atoms with Crippen LogP contribution in [0.2, 0.25) is 0 Å². The molecule has 0 unspecified atom stereocenters. The van der Waals surface area contributed by atoms with Crippen molar-refractivity contribution in [2.75, 3.05) is 0 Å². The number of nitrogens with one attached hydrogen (secondary N) is 2. The number of aliphatic imine (C=N–C) groups is 2. The maximum atomic E-state index is 7.54. The van der Waals surface area contributed by atoms with Gasteiger partial charge in [0, 0.05) is 0 Å². The van der Waals surface area contributed by atoms with Crippen molar-refractivity contribution in [3.8, 4) is 0 Å². The Hall–Kier alpha value is -6.16. The van der Waals surface area contributed by atoms with Gasteiger partial charge in [-0.3, -0.25) is 12.7 Å². The van der Waals surface area contributed by atoms with Crippen molar-refractivity contribution in [1.29, 1.82) is 0 Å². The SMILES string of the molecule is [CH-]=CC([NH-])=Cc1ccc(C=C2C=CC(C=C3C=CC([CH]=[Co])=N3)=N2)[nH]1.[c-]1ccccn1.[c-]1ccccn1.[c-]1ccccn1.[c-]1ccccn1. The van der Waals surface area contributed by atoms with E-state index in [0.717, 1.165) is 34.2 Å². The third-order valence-corrected chi connectivity index (χ3v) is 5.66. The van der Waals surface area contributed by atoms with Gasteiger partial charge in [-0.15, -0.1) is 6.08 Å². The van der Waals surface area contributed by atoms with Gasteiger partial charge in [-0.05, 0) is 0 Å². The van der Waals surface area contributed by atoms with Crippen molar-refractivity contribution in [2.24, 2.45) is 9.98 Å². The van der Waals surface area contributed by atoms with Gasteiger partial charge in [-0.1, -0.05) is 49.6 Å². The van der Waals surface area contributed by atoms with Crippen LogP contribution in [0.15, 0.2) is 173 Å². The first-order chi connectivity index (χ1) is 23.7. The van der Waals surface area contributed by atoms with Crippen LogP contribution in [0.5, 0.6) is 0 Å².